The van der Waals surface area contributed by atoms with E-state index in [-0.39, 0.29) is 10.6 Å². The minimum atomic E-state index is -0.646. The number of nitrogens with one attached hydrogen (secondary N) is 1. The number of hydrogen-bond donors (Lipinski definition) is 2. The van der Waals surface area contributed by atoms with Crippen molar-refractivity contribution in [1.29, 1.82) is 0 Å². The van der Waals surface area contributed by atoms with E-state index >= 15 is 0 Å². The number of carbonyl (C=O) groups is 2. The second kappa shape index (κ2) is 5.93. The van der Waals surface area contributed by atoms with E-state index in [1.807, 2.05) is 0 Å². The molecule has 21 heavy (non-hydrogen) atoms. The molecule has 3 N–H and O–H groups in total. The molecule has 2 aromatic rings. The summed E-state index contributed by atoms with van der Waals surface area (Å²) >= 11 is 5.90. The first-order chi connectivity index (χ1) is 9.88. The van der Waals surface area contributed by atoms with Gasteiger partial charge in [-0.25, -0.2) is 4.39 Å². The summed E-state index contributed by atoms with van der Waals surface area (Å²) in [6, 6.07) is 8.27. The van der Waals surface area contributed by atoms with Crippen molar-refractivity contribution in [1.82, 2.24) is 0 Å². The zero-order chi connectivity index (χ0) is 15.6. The van der Waals surface area contributed by atoms with Crippen LogP contribution < -0.4 is 11.1 Å². The minimum absolute atomic E-state index is 0.149. The fourth-order valence-corrected chi connectivity index (χ4v) is 2.15. The molecule has 0 radical (unpaired) electrons. The third kappa shape index (κ3) is 3.38. The average molecular weight is 307 g/mol. The fourth-order valence-electron chi connectivity index (χ4n) is 1.87. The lowest BCUT2D eigenvalue weighted by Gasteiger charge is -2.09. The maximum Gasteiger partial charge on any atom is 0.255 e. The Bertz CT molecular complexity index is 732. The maximum atomic E-state index is 13.0. The van der Waals surface area contributed by atoms with Crippen LogP contribution in [0.25, 0.3) is 0 Å². The second-order valence-corrected chi connectivity index (χ2v) is 4.88. The molecule has 6 heteroatoms. The highest BCUT2D eigenvalue weighted by Gasteiger charge is 2.12. The molecule has 0 aliphatic heterocycles. The molecule has 0 saturated carbocycles. The summed E-state index contributed by atoms with van der Waals surface area (Å²) in [5, 5.41) is 2.78. The van der Waals surface area contributed by atoms with Crippen molar-refractivity contribution in [3.63, 3.8) is 0 Å². The highest BCUT2D eigenvalue weighted by molar-refractivity contribution is 6.34. The van der Waals surface area contributed by atoms with Gasteiger partial charge in [0, 0.05) is 11.3 Å². The molecule has 0 fully saturated rings. The first-order valence-electron chi connectivity index (χ1n) is 6.05. The first-order valence-corrected chi connectivity index (χ1v) is 6.43. The number of rotatable bonds is 3. The summed E-state index contributed by atoms with van der Waals surface area (Å²) in [6.07, 6.45) is 0. The molecule has 0 unspecified atom stereocenters. The zero-order valence-corrected chi connectivity index (χ0v) is 11.9. The summed E-state index contributed by atoms with van der Waals surface area (Å²) in [5.41, 5.74) is 6.61. The number of primary amides is 1. The van der Waals surface area contributed by atoms with E-state index < -0.39 is 17.6 Å². The number of benzene rings is 2. The third-order valence-electron chi connectivity index (χ3n) is 2.93. The molecule has 4 nitrogen and oxygen atoms in total. The Kier molecular flexibility index (Phi) is 4.23. The normalized spacial score (nSPS) is 10.2. The van der Waals surface area contributed by atoms with Crippen LogP contribution in [0.5, 0.6) is 0 Å². The van der Waals surface area contributed by atoms with Crippen LogP contribution in [0.1, 0.15) is 26.3 Å². The second-order valence-electron chi connectivity index (χ2n) is 4.47. The summed E-state index contributed by atoms with van der Waals surface area (Å²) in [5.74, 6) is -1.44. The number of carbonyl (C=O) groups excluding carboxylic acids is 2. The molecule has 2 amide bonds. The Hall–Kier alpha value is -2.40. The highest BCUT2D eigenvalue weighted by atomic mass is 35.5. The minimum Gasteiger partial charge on any atom is -0.366 e. The van der Waals surface area contributed by atoms with Gasteiger partial charge in [-0.15, -0.1) is 0 Å². The monoisotopic (exact) mass is 306 g/mol. The van der Waals surface area contributed by atoms with E-state index in [0.29, 0.717) is 16.8 Å². The van der Waals surface area contributed by atoms with Gasteiger partial charge in [-0.2, -0.15) is 0 Å². The molecular weight excluding hydrogens is 295 g/mol. The standard InChI is InChI=1S/C15H12ClFN2O2/c1-8-6-9(17)2-4-11(8)15(21)19-10-3-5-12(14(18)20)13(16)7-10/h2-7H,1H3,(H2,18,20)(H,19,21). The zero-order valence-electron chi connectivity index (χ0n) is 11.1. The number of anilines is 1. The molecule has 2 aromatic carbocycles. The lowest BCUT2D eigenvalue weighted by Crippen LogP contribution is -2.15. The lowest BCUT2D eigenvalue weighted by molar-refractivity contribution is 0.0998. The number of hydrogen-bond acceptors (Lipinski definition) is 2. The van der Waals surface area contributed by atoms with Gasteiger partial charge in [0.2, 0.25) is 5.91 Å². The van der Waals surface area contributed by atoms with Crippen molar-refractivity contribution in [3.8, 4) is 0 Å². The van der Waals surface area contributed by atoms with Crippen LogP contribution in [-0.4, -0.2) is 11.8 Å². The first kappa shape index (κ1) is 15.0. The van der Waals surface area contributed by atoms with Gasteiger partial charge in [-0.05, 0) is 48.9 Å². The molecule has 0 aliphatic rings. The van der Waals surface area contributed by atoms with Gasteiger partial charge in [0.15, 0.2) is 0 Å². The predicted octanol–water partition coefficient (Wildman–Crippen LogP) is 3.14. The Labute approximate surface area is 125 Å². The third-order valence-corrected chi connectivity index (χ3v) is 3.24. The fraction of sp³-hybridized carbons (Fsp3) is 0.0667. The van der Waals surface area contributed by atoms with Crippen molar-refractivity contribution < 1.29 is 14.0 Å². The van der Waals surface area contributed by atoms with Crippen molar-refractivity contribution in [2.75, 3.05) is 5.32 Å². The molecule has 0 atom stereocenters. The smallest absolute Gasteiger partial charge is 0.255 e. The average Bonchev–Trinajstić information content (AvgIpc) is 2.37. The van der Waals surface area contributed by atoms with Gasteiger partial charge in [-0.1, -0.05) is 11.6 Å². The summed E-state index contributed by atoms with van der Waals surface area (Å²) in [6.45, 7) is 1.64. The molecule has 0 heterocycles. The van der Waals surface area contributed by atoms with Gasteiger partial charge in [0.25, 0.3) is 5.91 Å². The van der Waals surface area contributed by atoms with E-state index in [0.717, 1.165) is 0 Å². The van der Waals surface area contributed by atoms with Crippen molar-refractivity contribution in [2.45, 2.75) is 6.92 Å². The Balaban J connectivity index is 2.23. The number of amides is 2. The van der Waals surface area contributed by atoms with Crippen molar-refractivity contribution >= 4 is 29.1 Å². The van der Waals surface area contributed by atoms with Gasteiger partial charge in [-0.3, -0.25) is 9.59 Å². The van der Waals surface area contributed by atoms with Crippen LogP contribution in [-0.2, 0) is 0 Å². The molecule has 2 rings (SSSR count). The molecule has 0 aliphatic carbocycles. The molecule has 0 bridgehead atoms. The maximum absolute atomic E-state index is 13.0. The summed E-state index contributed by atoms with van der Waals surface area (Å²) < 4.78 is 13.0. The number of aryl methyl sites for hydroxylation is 1. The molecule has 108 valence electrons. The van der Waals surface area contributed by atoms with Crippen LogP contribution in [0.15, 0.2) is 36.4 Å². The summed E-state index contributed by atoms with van der Waals surface area (Å²) in [7, 11) is 0. The van der Waals surface area contributed by atoms with Gasteiger partial charge in [0.05, 0.1) is 10.6 Å². The molecular formula is C15H12ClFN2O2. The van der Waals surface area contributed by atoms with Crippen LogP contribution in [0.3, 0.4) is 0 Å². The Morgan fingerprint density at radius 3 is 2.38 bits per heavy atom. The van der Waals surface area contributed by atoms with E-state index in [4.69, 9.17) is 17.3 Å². The molecule has 0 spiro atoms. The van der Waals surface area contributed by atoms with E-state index in [1.165, 1.54) is 36.4 Å². The molecule has 0 aromatic heterocycles. The SMILES string of the molecule is Cc1cc(F)ccc1C(=O)Nc1ccc(C(N)=O)c(Cl)c1. The highest BCUT2D eigenvalue weighted by Crippen LogP contribution is 2.21. The van der Waals surface area contributed by atoms with Crippen LogP contribution in [0.2, 0.25) is 5.02 Å². The predicted molar refractivity (Wildman–Crippen MR) is 79.1 cm³/mol. The van der Waals surface area contributed by atoms with E-state index in [1.54, 1.807) is 6.92 Å². The lowest BCUT2D eigenvalue weighted by atomic mass is 10.1. The largest absolute Gasteiger partial charge is 0.366 e. The summed E-state index contributed by atoms with van der Waals surface area (Å²) in [4.78, 5) is 23.2. The van der Waals surface area contributed by atoms with Crippen molar-refractivity contribution in [3.05, 3.63) is 63.9 Å². The number of halogens is 2. The van der Waals surface area contributed by atoms with E-state index in [9.17, 15) is 14.0 Å². The molecule has 0 saturated heterocycles. The quantitative estimate of drug-likeness (QED) is 0.914. The van der Waals surface area contributed by atoms with E-state index in [2.05, 4.69) is 5.32 Å². The Morgan fingerprint density at radius 2 is 1.81 bits per heavy atom. The van der Waals surface area contributed by atoms with Gasteiger partial charge >= 0.3 is 0 Å². The van der Waals surface area contributed by atoms with Crippen LogP contribution >= 0.6 is 11.6 Å². The van der Waals surface area contributed by atoms with Gasteiger partial charge < -0.3 is 11.1 Å². The van der Waals surface area contributed by atoms with Crippen LogP contribution in [0.4, 0.5) is 10.1 Å². The van der Waals surface area contributed by atoms with Crippen LogP contribution in [0, 0.1) is 12.7 Å². The van der Waals surface area contributed by atoms with Crippen molar-refractivity contribution in [2.24, 2.45) is 5.73 Å². The topological polar surface area (TPSA) is 72.2 Å². The van der Waals surface area contributed by atoms with Gasteiger partial charge in [0.1, 0.15) is 5.82 Å². The Morgan fingerprint density at radius 1 is 1.14 bits per heavy atom. The number of nitrogens with two attached hydrogens (primary N) is 1.